The number of hydrogen-bond donors (Lipinski definition) is 2. The quantitative estimate of drug-likeness (QED) is 0.802. The van der Waals surface area contributed by atoms with Crippen LogP contribution in [-0.2, 0) is 6.54 Å². The van der Waals surface area contributed by atoms with E-state index in [1.807, 2.05) is 0 Å². The van der Waals surface area contributed by atoms with Crippen LogP contribution in [-0.4, -0.2) is 39.5 Å². The normalized spacial score (nSPS) is 18.0. The summed E-state index contributed by atoms with van der Waals surface area (Å²) in [5, 5.41) is 12.8. The largest absolute Gasteiger partial charge is 0.503 e. The second kappa shape index (κ2) is 7.55. The molecule has 0 spiro atoms. The highest BCUT2D eigenvalue weighted by atomic mass is 19.2. The van der Waals surface area contributed by atoms with Crippen LogP contribution in [0.5, 0.6) is 5.75 Å². The highest BCUT2D eigenvalue weighted by Crippen LogP contribution is 2.31. The summed E-state index contributed by atoms with van der Waals surface area (Å²) in [5.41, 5.74) is -1.36. The van der Waals surface area contributed by atoms with Crippen LogP contribution in [0.4, 0.5) is 8.78 Å². The molecule has 158 valence electrons. The molecule has 1 aromatic carbocycles. The maximum atomic E-state index is 14.0. The van der Waals surface area contributed by atoms with E-state index in [4.69, 9.17) is 0 Å². The Kier molecular flexibility index (Phi) is 5.05. The lowest BCUT2D eigenvalue weighted by Crippen LogP contribution is -2.44. The predicted octanol–water partition coefficient (Wildman–Crippen LogP) is 2.25. The summed E-state index contributed by atoms with van der Waals surface area (Å²) < 4.78 is 29.3. The Labute approximate surface area is 170 Å². The average molecular weight is 417 g/mol. The number of halogens is 2. The van der Waals surface area contributed by atoms with Crippen LogP contribution in [0.2, 0.25) is 0 Å². The molecule has 9 heteroatoms. The van der Waals surface area contributed by atoms with Crippen LogP contribution >= 0.6 is 0 Å². The molecule has 2 aliphatic rings. The highest BCUT2D eigenvalue weighted by Gasteiger charge is 2.36. The van der Waals surface area contributed by atoms with Crippen LogP contribution in [0.3, 0.4) is 0 Å². The van der Waals surface area contributed by atoms with Crippen LogP contribution in [0.1, 0.15) is 57.3 Å². The minimum absolute atomic E-state index is 0.0664. The Bertz CT molecular complexity index is 1110. The van der Waals surface area contributed by atoms with Crippen molar-refractivity contribution in [1.82, 2.24) is 14.8 Å². The van der Waals surface area contributed by atoms with E-state index in [0.717, 1.165) is 19.3 Å². The van der Waals surface area contributed by atoms with Gasteiger partial charge in [-0.25, -0.2) is 8.78 Å². The molecule has 0 saturated carbocycles. The van der Waals surface area contributed by atoms with Gasteiger partial charge >= 0.3 is 0 Å². The van der Waals surface area contributed by atoms with Crippen LogP contribution in [0, 0.1) is 18.6 Å². The fourth-order valence-electron chi connectivity index (χ4n) is 4.06. The Balaban J connectivity index is 1.66. The zero-order chi connectivity index (χ0) is 21.6. The van der Waals surface area contributed by atoms with Gasteiger partial charge in [0.25, 0.3) is 11.8 Å². The summed E-state index contributed by atoms with van der Waals surface area (Å²) in [6.07, 6.45) is 3.73. The van der Waals surface area contributed by atoms with Crippen molar-refractivity contribution in [3.63, 3.8) is 0 Å². The Morgan fingerprint density at radius 3 is 2.77 bits per heavy atom. The van der Waals surface area contributed by atoms with Gasteiger partial charge < -0.3 is 19.9 Å². The molecule has 2 amide bonds. The molecular formula is C21H21F2N3O4. The number of aromatic hydroxyl groups is 1. The molecule has 2 N–H and O–H groups in total. The smallest absolute Gasteiger partial charge is 0.274 e. The van der Waals surface area contributed by atoms with E-state index in [1.54, 1.807) is 4.90 Å². The molecule has 2 aromatic rings. The maximum Gasteiger partial charge on any atom is 0.274 e. The number of aromatic nitrogens is 1. The van der Waals surface area contributed by atoms with Gasteiger partial charge in [-0.3, -0.25) is 14.4 Å². The molecule has 1 fully saturated rings. The zero-order valence-electron chi connectivity index (χ0n) is 16.4. The standard InChI is InChI=1S/C21H21F2N3O4/c1-11-5-6-12(16(23)15(11)22)8-24-20(29)14-10-26-13-4-2-3-7-25(9-13)21(30)17(26)19(28)18(14)27/h5-6,10,13,28H,2-4,7-9H2,1H3,(H,24,29)/t13-/m0/s1. The Morgan fingerprint density at radius 1 is 1.23 bits per heavy atom. The first-order chi connectivity index (χ1) is 14.3. The van der Waals surface area contributed by atoms with E-state index in [1.165, 1.54) is 29.8 Å². The number of hydrogen-bond acceptors (Lipinski definition) is 4. The van der Waals surface area contributed by atoms with E-state index < -0.39 is 34.6 Å². The fourth-order valence-corrected chi connectivity index (χ4v) is 4.06. The van der Waals surface area contributed by atoms with Crippen molar-refractivity contribution in [3.05, 3.63) is 62.6 Å². The van der Waals surface area contributed by atoms with Crippen LogP contribution in [0.15, 0.2) is 23.1 Å². The average Bonchev–Trinajstić information content (AvgIpc) is 2.95. The summed E-state index contributed by atoms with van der Waals surface area (Å²) in [5.74, 6) is -4.10. The van der Waals surface area contributed by atoms with E-state index in [-0.39, 0.29) is 35.0 Å². The first-order valence-corrected chi connectivity index (χ1v) is 9.78. The van der Waals surface area contributed by atoms with Gasteiger partial charge in [-0.2, -0.15) is 0 Å². The number of nitrogens with zero attached hydrogens (tertiary/aromatic N) is 2. The fraction of sp³-hybridized carbons (Fsp3) is 0.381. The first kappa shape index (κ1) is 20.1. The molecule has 2 bridgehead atoms. The number of pyridine rings is 1. The molecule has 0 radical (unpaired) electrons. The molecule has 1 aromatic heterocycles. The zero-order valence-corrected chi connectivity index (χ0v) is 16.4. The third kappa shape index (κ3) is 3.24. The molecule has 4 rings (SSSR count). The van der Waals surface area contributed by atoms with Crippen LogP contribution in [0.25, 0.3) is 0 Å². The van der Waals surface area contributed by atoms with E-state index in [2.05, 4.69) is 5.32 Å². The van der Waals surface area contributed by atoms with Crippen LogP contribution < -0.4 is 10.7 Å². The van der Waals surface area contributed by atoms with Crippen molar-refractivity contribution in [2.75, 3.05) is 13.1 Å². The number of benzene rings is 1. The van der Waals surface area contributed by atoms with Crippen molar-refractivity contribution in [2.45, 2.75) is 38.8 Å². The minimum atomic E-state index is -1.07. The molecule has 30 heavy (non-hydrogen) atoms. The molecule has 2 aliphatic heterocycles. The lowest BCUT2D eigenvalue weighted by atomic mass is 10.1. The van der Waals surface area contributed by atoms with E-state index in [9.17, 15) is 28.3 Å². The summed E-state index contributed by atoms with van der Waals surface area (Å²) in [4.78, 5) is 39.5. The molecule has 0 aliphatic carbocycles. The van der Waals surface area contributed by atoms with Gasteiger partial charge in [-0.05, 0) is 31.7 Å². The van der Waals surface area contributed by atoms with Gasteiger partial charge in [0.15, 0.2) is 23.1 Å². The topological polar surface area (TPSA) is 91.6 Å². The summed E-state index contributed by atoms with van der Waals surface area (Å²) in [7, 11) is 0. The Hall–Kier alpha value is -3.23. The summed E-state index contributed by atoms with van der Waals surface area (Å²) >= 11 is 0. The van der Waals surface area contributed by atoms with Crippen molar-refractivity contribution in [1.29, 1.82) is 0 Å². The monoisotopic (exact) mass is 417 g/mol. The van der Waals surface area contributed by atoms with Crippen molar-refractivity contribution in [3.8, 4) is 5.75 Å². The van der Waals surface area contributed by atoms with Gasteiger partial charge in [-0.15, -0.1) is 0 Å². The Morgan fingerprint density at radius 2 is 2.00 bits per heavy atom. The molecule has 7 nitrogen and oxygen atoms in total. The van der Waals surface area contributed by atoms with E-state index >= 15 is 0 Å². The van der Waals surface area contributed by atoms with Crippen molar-refractivity contribution in [2.24, 2.45) is 0 Å². The SMILES string of the molecule is Cc1ccc(CNC(=O)c2cn3c(c(O)c2=O)C(=O)N2CCCC[C@H]3C2)c(F)c1F. The van der Waals surface area contributed by atoms with Gasteiger partial charge in [-0.1, -0.05) is 12.1 Å². The van der Waals surface area contributed by atoms with Crippen molar-refractivity contribution >= 4 is 11.8 Å². The number of aryl methyl sites for hydroxylation is 1. The summed E-state index contributed by atoms with van der Waals surface area (Å²) in [6, 6.07) is 2.59. The number of carbonyl (C=O) groups is 2. The third-order valence-electron chi connectivity index (χ3n) is 5.78. The number of carbonyl (C=O) groups excluding carboxylic acids is 2. The molecule has 3 heterocycles. The summed E-state index contributed by atoms with van der Waals surface area (Å²) in [6.45, 7) is 2.10. The van der Waals surface area contributed by atoms with Gasteiger partial charge in [0, 0.05) is 31.4 Å². The van der Waals surface area contributed by atoms with Gasteiger partial charge in [0.05, 0.1) is 6.04 Å². The first-order valence-electron chi connectivity index (χ1n) is 9.78. The molecular weight excluding hydrogens is 396 g/mol. The molecule has 0 unspecified atom stereocenters. The number of amides is 2. The number of fused-ring (bicyclic) bond motifs is 4. The maximum absolute atomic E-state index is 14.0. The van der Waals surface area contributed by atoms with Crippen molar-refractivity contribution < 1.29 is 23.5 Å². The second-order valence-corrected chi connectivity index (χ2v) is 7.73. The molecule has 1 atom stereocenters. The predicted molar refractivity (Wildman–Crippen MR) is 103 cm³/mol. The van der Waals surface area contributed by atoms with Gasteiger partial charge in [0.2, 0.25) is 5.43 Å². The molecule has 1 saturated heterocycles. The second-order valence-electron chi connectivity index (χ2n) is 7.73. The lowest BCUT2D eigenvalue weighted by Gasteiger charge is -2.34. The lowest BCUT2D eigenvalue weighted by molar-refractivity contribution is 0.0677. The van der Waals surface area contributed by atoms with Gasteiger partial charge in [0.1, 0.15) is 5.56 Å². The number of nitrogens with one attached hydrogen (secondary N) is 1. The highest BCUT2D eigenvalue weighted by molar-refractivity contribution is 5.99. The third-order valence-corrected chi connectivity index (χ3v) is 5.78. The number of rotatable bonds is 3. The van der Waals surface area contributed by atoms with E-state index in [0.29, 0.717) is 13.1 Å². The minimum Gasteiger partial charge on any atom is -0.503 e.